The van der Waals surface area contributed by atoms with E-state index in [9.17, 15) is 9.90 Å². The molecule has 0 aromatic heterocycles. The van der Waals surface area contributed by atoms with Crippen LogP contribution in [0.3, 0.4) is 0 Å². The van der Waals surface area contributed by atoms with Crippen molar-refractivity contribution < 1.29 is 14.8 Å². The molecular weight excluding hydrogens is 314 g/mol. The van der Waals surface area contributed by atoms with E-state index in [4.69, 9.17) is 0 Å². The number of hydrogen-bond acceptors (Lipinski definition) is 3. The monoisotopic (exact) mass is 340 g/mol. The van der Waals surface area contributed by atoms with Crippen LogP contribution < -0.4 is 15.1 Å². The standard InChI is InChI=1S/C20H25N3O2/c1-2-16-3-5-17(6-4-16)21-20(25)15-22-11-13-23(14-12-22)18-7-9-19(24)10-8-18/h3-10,24H,2,11-15H2,1H3,(H,21,25)/p+1. The number of amides is 1. The lowest BCUT2D eigenvalue weighted by Crippen LogP contribution is -3.15. The fourth-order valence-electron chi connectivity index (χ4n) is 3.18. The van der Waals surface area contributed by atoms with Crippen LogP contribution in [0.4, 0.5) is 11.4 Å². The van der Waals surface area contributed by atoms with Crippen LogP contribution in [0.15, 0.2) is 48.5 Å². The van der Waals surface area contributed by atoms with Gasteiger partial charge >= 0.3 is 0 Å². The predicted molar refractivity (Wildman–Crippen MR) is 100 cm³/mol. The van der Waals surface area contributed by atoms with Crippen molar-refractivity contribution in [3.63, 3.8) is 0 Å². The Hall–Kier alpha value is -2.53. The van der Waals surface area contributed by atoms with E-state index in [0.717, 1.165) is 44.0 Å². The summed E-state index contributed by atoms with van der Waals surface area (Å²) in [6, 6.07) is 15.3. The molecule has 0 unspecified atom stereocenters. The third kappa shape index (κ3) is 4.73. The molecule has 1 fully saturated rings. The molecule has 1 aliphatic rings. The summed E-state index contributed by atoms with van der Waals surface area (Å²) in [5.41, 5.74) is 3.26. The van der Waals surface area contributed by atoms with Gasteiger partial charge in [-0.2, -0.15) is 0 Å². The SMILES string of the molecule is CCc1ccc(NC(=O)C[NH+]2CCN(c3ccc(O)cc3)CC2)cc1. The van der Waals surface area contributed by atoms with Gasteiger partial charge in [-0.1, -0.05) is 19.1 Å². The van der Waals surface area contributed by atoms with Crippen LogP contribution in [0.2, 0.25) is 0 Å². The Labute approximate surface area is 148 Å². The molecule has 1 aliphatic heterocycles. The van der Waals surface area contributed by atoms with Gasteiger partial charge in [0.1, 0.15) is 5.75 Å². The van der Waals surface area contributed by atoms with Gasteiger partial charge in [-0.3, -0.25) is 4.79 Å². The molecule has 5 heteroatoms. The van der Waals surface area contributed by atoms with Crippen LogP contribution in [0.1, 0.15) is 12.5 Å². The lowest BCUT2D eigenvalue weighted by atomic mass is 10.1. The number of aryl methyl sites for hydroxylation is 1. The second-order valence-corrected chi connectivity index (χ2v) is 6.53. The molecule has 0 radical (unpaired) electrons. The minimum atomic E-state index is 0.0670. The number of nitrogens with zero attached hydrogens (tertiary/aromatic N) is 1. The minimum absolute atomic E-state index is 0.0670. The van der Waals surface area contributed by atoms with Gasteiger partial charge in [-0.15, -0.1) is 0 Å². The zero-order valence-electron chi connectivity index (χ0n) is 14.7. The highest BCUT2D eigenvalue weighted by molar-refractivity contribution is 5.91. The molecule has 0 saturated carbocycles. The average Bonchev–Trinajstić information content (AvgIpc) is 2.64. The Morgan fingerprint density at radius 3 is 2.32 bits per heavy atom. The van der Waals surface area contributed by atoms with Gasteiger partial charge in [0.05, 0.1) is 26.2 Å². The Morgan fingerprint density at radius 1 is 1.08 bits per heavy atom. The number of piperazine rings is 1. The molecule has 2 aromatic carbocycles. The fourth-order valence-corrected chi connectivity index (χ4v) is 3.18. The highest BCUT2D eigenvalue weighted by atomic mass is 16.3. The largest absolute Gasteiger partial charge is 0.508 e. The van der Waals surface area contributed by atoms with E-state index in [-0.39, 0.29) is 11.7 Å². The molecule has 1 amide bonds. The van der Waals surface area contributed by atoms with Crippen LogP contribution in [-0.2, 0) is 11.2 Å². The van der Waals surface area contributed by atoms with Crippen molar-refractivity contribution in [1.82, 2.24) is 0 Å². The third-order valence-electron chi connectivity index (χ3n) is 4.74. The first-order valence-corrected chi connectivity index (χ1v) is 8.90. The van der Waals surface area contributed by atoms with Crippen molar-refractivity contribution in [2.24, 2.45) is 0 Å². The van der Waals surface area contributed by atoms with Crippen LogP contribution >= 0.6 is 0 Å². The molecular formula is C20H26N3O2+. The van der Waals surface area contributed by atoms with Gasteiger partial charge in [-0.05, 0) is 48.4 Å². The summed E-state index contributed by atoms with van der Waals surface area (Å²) in [6.07, 6.45) is 1.00. The number of phenols is 1. The van der Waals surface area contributed by atoms with Gasteiger partial charge in [0.2, 0.25) is 0 Å². The number of aromatic hydroxyl groups is 1. The predicted octanol–water partition coefficient (Wildman–Crippen LogP) is 1.30. The van der Waals surface area contributed by atoms with Gasteiger partial charge in [-0.25, -0.2) is 0 Å². The highest BCUT2D eigenvalue weighted by Gasteiger charge is 2.22. The fraction of sp³-hybridized carbons (Fsp3) is 0.350. The molecule has 3 N–H and O–H groups in total. The lowest BCUT2D eigenvalue weighted by Gasteiger charge is -2.33. The first kappa shape index (κ1) is 17.3. The van der Waals surface area contributed by atoms with E-state index in [2.05, 4.69) is 29.3 Å². The first-order chi connectivity index (χ1) is 12.1. The maximum atomic E-state index is 12.3. The lowest BCUT2D eigenvalue weighted by molar-refractivity contribution is -0.892. The van der Waals surface area contributed by atoms with Crippen LogP contribution in [0.5, 0.6) is 5.75 Å². The quantitative estimate of drug-likeness (QED) is 0.769. The van der Waals surface area contributed by atoms with Gasteiger partial charge in [0.15, 0.2) is 6.54 Å². The number of nitrogens with one attached hydrogen (secondary N) is 2. The zero-order valence-corrected chi connectivity index (χ0v) is 14.7. The Bertz CT molecular complexity index is 690. The maximum absolute atomic E-state index is 12.3. The van der Waals surface area contributed by atoms with E-state index < -0.39 is 0 Å². The highest BCUT2D eigenvalue weighted by Crippen LogP contribution is 2.18. The molecule has 0 bridgehead atoms. The average molecular weight is 340 g/mol. The van der Waals surface area contributed by atoms with Crippen molar-refractivity contribution in [3.05, 3.63) is 54.1 Å². The number of rotatable bonds is 5. The molecule has 3 rings (SSSR count). The van der Waals surface area contributed by atoms with E-state index >= 15 is 0 Å². The van der Waals surface area contributed by atoms with Crippen molar-refractivity contribution >= 4 is 17.3 Å². The van der Waals surface area contributed by atoms with E-state index in [1.165, 1.54) is 10.5 Å². The molecule has 5 nitrogen and oxygen atoms in total. The Kier molecular flexibility index (Phi) is 5.56. The number of anilines is 2. The van der Waals surface area contributed by atoms with Crippen LogP contribution in [-0.4, -0.2) is 43.7 Å². The molecule has 1 saturated heterocycles. The van der Waals surface area contributed by atoms with Crippen molar-refractivity contribution in [3.8, 4) is 5.75 Å². The third-order valence-corrected chi connectivity index (χ3v) is 4.74. The van der Waals surface area contributed by atoms with E-state index in [1.54, 1.807) is 12.1 Å². The number of carbonyl (C=O) groups is 1. The number of phenolic OH excluding ortho intramolecular Hbond substituents is 1. The number of hydrogen-bond donors (Lipinski definition) is 3. The second kappa shape index (κ2) is 8.03. The summed E-state index contributed by atoms with van der Waals surface area (Å²) in [5.74, 6) is 0.356. The molecule has 0 atom stereocenters. The second-order valence-electron chi connectivity index (χ2n) is 6.53. The molecule has 0 spiro atoms. The van der Waals surface area contributed by atoms with Gasteiger partial charge in [0, 0.05) is 11.4 Å². The smallest absolute Gasteiger partial charge is 0.279 e. The summed E-state index contributed by atoms with van der Waals surface area (Å²) in [7, 11) is 0. The zero-order chi connectivity index (χ0) is 17.6. The number of quaternary nitrogens is 1. The molecule has 132 valence electrons. The summed E-state index contributed by atoms with van der Waals surface area (Å²) in [6.45, 7) is 6.32. The van der Waals surface area contributed by atoms with Crippen molar-refractivity contribution in [2.45, 2.75) is 13.3 Å². The van der Waals surface area contributed by atoms with Gasteiger partial charge in [0.25, 0.3) is 5.91 Å². The summed E-state index contributed by atoms with van der Waals surface area (Å²) in [4.78, 5) is 15.9. The molecule has 1 heterocycles. The molecule has 2 aromatic rings. The molecule has 0 aliphatic carbocycles. The summed E-state index contributed by atoms with van der Waals surface area (Å²) in [5, 5.41) is 12.4. The normalized spacial score (nSPS) is 15.2. The summed E-state index contributed by atoms with van der Waals surface area (Å²) >= 11 is 0. The molecule has 25 heavy (non-hydrogen) atoms. The maximum Gasteiger partial charge on any atom is 0.279 e. The van der Waals surface area contributed by atoms with E-state index in [1.807, 2.05) is 24.3 Å². The Balaban J connectivity index is 1.46. The summed E-state index contributed by atoms with van der Waals surface area (Å²) < 4.78 is 0. The number of benzene rings is 2. The first-order valence-electron chi connectivity index (χ1n) is 8.90. The van der Waals surface area contributed by atoms with E-state index in [0.29, 0.717) is 6.54 Å². The number of carbonyl (C=O) groups excluding carboxylic acids is 1. The minimum Gasteiger partial charge on any atom is -0.508 e. The van der Waals surface area contributed by atoms with Crippen LogP contribution in [0, 0.1) is 0 Å². The van der Waals surface area contributed by atoms with Crippen molar-refractivity contribution in [1.29, 1.82) is 0 Å². The van der Waals surface area contributed by atoms with Crippen molar-refractivity contribution in [2.75, 3.05) is 42.9 Å². The van der Waals surface area contributed by atoms with Crippen LogP contribution in [0.25, 0.3) is 0 Å². The Morgan fingerprint density at radius 2 is 1.72 bits per heavy atom. The van der Waals surface area contributed by atoms with Gasteiger partial charge < -0.3 is 20.2 Å². The topological polar surface area (TPSA) is 57.0 Å².